The first kappa shape index (κ1) is 24.0. The van der Waals surface area contributed by atoms with Gasteiger partial charge in [0.15, 0.2) is 11.5 Å². The van der Waals surface area contributed by atoms with Crippen molar-refractivity contribution in [2.75, 3.05) is 7.11 Å². The third-order valence-corrected chi connectivity index (χ3v) is 6.50. The summed E-state index contributed by atoms with van der Waals surface area (Å²) in [6.07, 6.45) is 1.57. The Labute approximate surface area is 207 Å². The Morgan fingerprint density at radius 1 is 1.06 bits per heavy atom. The van der Waals surface area contributed by atoms with Crippen LogP contribution in [0.25, 0.3) is 6.08 Å². The van der Waals surface area contributed by atoms with Crippen LogP contribution in [0.2, 0.25) is 0 Å². The molecule has 1 aliphatic rings. The Hall–Kier alpha value is -3.17. The monoisotopic (exact) mass is 545 g/mol. The van der Waals surface area contributed by atoms with Gasteiger partial charge >= 0.3 is 0 Å². The minimum absolute atomic E-state index is 0.141. The highest BCUT2D eigenvalue weighted by Gasteiger charge is 2.35. The second-order valence-corrected chi connectivity index (χ2v) is 9.16. The van der Waals surface area contributed by atoms with Crippen molar-refractivity contribution >= 4 is 44.9 Å². The number of ether oxygens (including phenoxy) is 2. The zero-order valence-corrected chi connectivity index (χ0v) is 20.3. The van der Waals surface area contributed by atoms with Gasteiger partial charge in [-0.2, -0.15) is 0 Å². The van der Waals surface area contributed by atoms with E-state index in [1.54, 1.807) is 42.5 Å². The lowest BCUT2D eigenvalue weighted by Gasteiger charge is -2.14. The topological polar surface area (TPSA) is 55.8 Å². The molecule has 4 rings (SSSR count). The lowest BCUT2D eigenvalue weighted by Crippen LogP contribution is -2.27. The van der Waals surface area contributed by atoms with E-state index in [1.807, 2.05) is 0 Å². The van der Waals surface area contributed by atoms with Crippen LogP contribution >= 0.6 is 27.7 Å². The first-order chi connectivity index (χ1) is 16.4. The number of benzene rings is 3. The summed E-state index contributed by atoms with van der Waals surface area (Å²) in [6.45, 7) is 0.0569. The molecule has 0 spiro atoms. The zero-order chi connectivity index (χ0) is 24.2. The second-order valence-electron chi connectivity index (χ2n) is 7.31. The number of hydrogen-bond donors (Lipinski definition) is 0. The number of methoxy groups -OCH3 is 1. The van der Waals surface area contributed by atoms with Gasteiger partial charge < -0.3 is 9.47 Å². The van der Waals surface area contributed by atoms with E-state index in [-0.39, 0.29) is 29.4 Å². The van der Waals surface area contributed by atoms with E-state index in [2.05, 4.69) is 15.9 Å². The van der Waals surface area contributed by atoms with E-state index in [0.717, 1.165) is 22.2 Å². The molecule has 1 heterocycles. The van der Waals surface area contributed by atoms with Gasteiger partial charge in [0.25, 0.3) is 11.1 Å². The molecule has 9 heteroatoms. The van der Waals surface area contributed by atoms with Crippen molar-refractivity contribution in [2.45, 2.75) is 13.2 Å². The van der Waals surface area contributed by atoms with Gasteiger partial charge in [-0.05, 0) is 75.2 Å². The van der Waals surface area contributed by atoms with Crippen LogP contribution in [0, 0.1) is 11.6 Å². The summed E-state index contributed by atoms with van der Waals surface area (Å²) >= 11 is 4.25. The molecule has 1 saturated heterocycles. The number of rotatable bonds is 7. The smallest absolute Gasteiger partial charge is 0.293 e. The molecule has 5 nitrogen and oxygen atoms in total. The molecule has 174 valence electrons. The average Bonchev–Trinajstić information content (AvgIpc) is 3.07. The van der Waals surface area contributed by atoms with E-state index in [1.165, 1.54) is 31.4 Å². The maximum atomic E-state index is 14.0. The predicted molar refractivity (Wildman–Crippen MR) is 129 cm³/mol. The van der Waals surface area contributed by atoms with Crippen molar-refractivity contribution in [2.24, 2.45) is 0 Å². The number of hydrogen-bond acceptors (Lipinski definition) is 5. The molecule has 2 amide bonds. The van der Waals surface area contributed by atoms with E-state index in [4.69, 9.17) is 9.47 Å². The standard InChI is InChI=1S/C25H18BrF2NO4S/c1-32-21-11-16(10-19(26)23(21)33-14-15-6-8-18(27)9-7-15)12-22-24(30)29(25(31)34-22)13-17-4-2-3-5-20(17)28/h2-12H,13-14H2,1H3/b22-12+. The summed E-state index contributed by atoms with van der Waals surface area (Å²) in [6, 6.07) is 15.4. The highest BCUT2D eigenvalue weighted by atomic mass is 79.9. The van der Waals surface area contributed by atoms with Gasteiger partial charge in [-0.15, -0.1) is 0 Å². The van der Waals surface area contributed by atoms with E-state index < -0.39 is 17.0 Å². The van der Waals surface area contributed by atoms with Crippen molar-refractivity contribution in [1.82, 2.24) is 4.90 Å². The zero-order valence-electron chi connectivity index (χ0n) is 17.9. The van der Waals surface area contributed by atoms with Gasteiger partial charge in [-0.25, -0.2) is 8.78 Å². The normalized spacial score (nSPS) is 14.7. The molecule has 1 aliphatic heterocycles. The lowest BCUT2D eigenvalue weighted by molar-refractivity contribution is -0.123. The quantitative estimate of drug-likeness (QED) is 0.315. The number of halogens is 3. The Morgan fingerprint density at radius 3 is 2.50 bits per heavy atom. The van der Waals surface area contributed by atoms with Crippen molar-refractivity contribution in [3.05, 3.63) is 98.4 Å². The number of nitrogens with zero attached hydrogens (tertiary/aromatic N) is 1. The highest BCUT2D eigenvalue weighted by Crippen LogP contribution is 2.39. The van der Waals surface area contributed by atoms with Crippen molar-refractivity contribution in [1.29, 1.82) is 0 Å². The number of thioether (sulfide) groups is 1. The van der Waals surface area contributed by atoms with Gasteiger partial charge in [0.1, 0.15) is 18.2 Å². The van der Waals surface area contributed by atoms with Crippen LogP contribution in [0.4, 0.5) is 13.6 Å². The largest absolute Gasteiger partial charge is 0.493 e. The summed E-state index contributed by atoms with van der Waals surface area (Å²) in [5.74, 6) is -0.449. The molecule has 0 bridgehead atoms. The number of imide groups is 1. The van der Waals surface area contributed by atoms with Gasteiger partial charge in [-0.1, -0.05) is 30.3 Å². The minimum atomic E-state index is -0.495. The van der Waals surface area contributed by atoms with Crippen molar-refractivity contribution < 1.29 is 27.8 Å². The van der Waals surface area contributed by atoms with Crippen LogP contribution < -0.4 is 9.47 Å². The molecule has 0 N–H and O–H groups in total. The first-order valence-electron chi connectivity index (χ1n) is 10.1. The summed E-state index contributed by atoms with van der Waals surface area (Å²) in [7, 11) is 1.48. The van der Waals surface area contributed by atoms with Crippen molar-refractivity contribution in [3.8, 4) is 11.5 Å². The first-order valence-corrected chi connectivity index (χ1v) is 11.7. The molecule has 0 aromatic heterocycles. The van der Waals surface area contributed by atoms with E-state index >= 15 is 0 Å². The lowest BCUT2D eigenvalue weighted by atomic mass is 10.1. The predicted octanol–water partition coefficient (Wildman–Crippen LogP) is 6.55. The molecule has 0 radical (unpaired) electrons. The maximum Gasteiger partial charge on any atom is 0.293 e. The second kappa shape index (κ2) is 10.4. The summed E-state index contributed by atoms with van der Waals surface area (Å²) in [4.78, 5) is 26.5. The summed E-state index contributed by atoms with van der Waals surface area (Å²) in [5, 5.41) is -0.468. The SMILES string of the molecule is COc1cc(/C=C2/SC(=O)N(Cc3ccccc3F)C2=O)cc(Br)c1OCc1ccc(F)cc1. The fourth-order valence-electron chi connectivity index (χ4n) is 3.28. The van der Waals surface area contributed by atoms with Gasteiger partial charge in [0.2, 0.25) is 0 Å². The number of carbonyl (C=O) groups is 2. The number of carbonyl (C=O) groups excluding carboxylic acids is 2. The summed E-state index contributed by atoms with van der Waals surface area (Å²) in [5.41, 5.74) is 1.65. The molecule has 0 saturated carbocycles. The Balaban J connectivity index is 1.53. The molecule has 0 aliphatic carbocycles. The van der Waals surface area contributed by atoms with Crippen LogP contribution in [-0.4, -0.2) is 23.2 Å². The molecular weight excluding hydrogens is 528 g/mol. The highest BCUT2D eigenvalue weighted by molar-refractivity contribution is 9.10. The molecular formula is C25H18BrF2NO4S. The molecule has 34 heavy (non-hydrogen) atoms. The van der Waals surface area contributed by atoms with Crippen LogP contribution in [0.15, 0.2) is 70.0 Å². The van der Waals surface area contributed by atoms with Gasteiger partial charge in [-0.3, -0.25) is 14.5 Å². The van der Waals surface area contributed by atoms with Gasteiger partial charge in [0.05, 0.1) is 23.0 Å². The third kappa shape index (κ3) is 5.31. The Morgan fingerprint density at radius 2 is 1.79 bits per heavy atom. The molecule has 0 atom stereocenters. The molecule has 0 unspecified atom stereocenters. The van der Waals surface area contributed by atoms with E-state index in [9.17, 15) is 18.4 Å². The third-order valence-electron chi connectivity index (χ3n) is 5.01. The fourth-order valence-corrected chi connectivity index (χ4v) is 4.70. The minimum Gasteiger partial charge on any atom is -0.493 e. The van der Waals surface area contributed by atoms with Gasteiger partial charge in [0, 0.05) is 5.56 Å². The average molecular weight is 546 g/mol. The molecule has 3 aromatic rings. The number of amides is 2. The van der Waals surface area contributed by atoms with Crippen LogP contribution in [0.3, 0.4) is 0 Å². The Kier molecular flexibility index (Phi) is 7.33. The van der Waals surface area contributed by atoms with Crippen LogP contribution in [-0.2, 0) is 17.9 Å². The fraction of sp³-hybridized carbons (Fsp3) is 0.120. The van der Waals surface area contributed by atoms with E-state index in [0.29, 0.717) is 21.5 Å². The maximum absolute atomic E-state index is 14.0. The molecule has 1 fully saturated rings. The molecule has 3 aromatic carbocycles. The van der Waals surface area contributed by atoms with Crippen LogP contribution in [0.1, 0.15) is 16.7 Å². The Bertz CT molecular complexity index is 1280. The van der Waals surface area contributed by atoms with Crippen molar-refractivity contribution in [3.63, 3.8) is 0 Å². The summed E-state index contributed by atoms with van der Waals surface area (Å²) < 4.78 is 39.0. The van der Waals surface area contributed by atoms with Crippen LogP contribution in [0.5, 0.6) is 11.5 Å².